The van der Waals surface area contributed by atoms with E-state index in [1.165, 1.54) is 14.9 Å². The standard InChI is InChI=1S/C14H15Br2NS/c1-9(11-4-3-5-12(15)8-11)17-10(2)14-13(16)6-7-18-14/h3-10,17H,1-2H3/t9-,10?/m1/s1. The predicted octanol–water partition coefficient (Wildman–Crippen LogP) is 5.68. The van der Waals surface area contributed by atoms with E-state index in [2.05, 4.69) is 86.7 Å². The van der Waals surface area contributed by atoms with E-state index in [0.717, 1.165) is 4.47 Å². The molecule has 1 N–H and O–H groups in total. The molecule has 0 aliphatic heterocycles. The van der Waals surface area contributed by atoms with E-state index in [-0.39, 0.29) is 0 Å². The van der Waals surface area contributed by atoms with E-state index < -0.39 is 0 Å². The first kappa shape index (κ1) is 14.3. The molecule has 1 heterocycles. The van der Waals surface area contributed by atoms with Crippen LogP contribution in [0.5, 0.6) is 0 Å². The zero-order valence-electron chi connectivity index (χ0n) is 10.3. The lowest BCUT2D eigenvalue weighted by Crippen LogP contribution is -2.22. The number of rotatable bonds is 4. The summed E-state index contributed by atoms with van der Waals surface area (Å²) in [6, 6.07) is 11.2. The average Bonchev–Trinajstić information content (AvgIpc) is 2.75. The third-order valence-corrected chi connectivity index (χ3v) is 5.43. The molecule has 1 nitrogen and oxygen atoms in total. The molecule has 4 heteroatoms. The summed E-state index contributed by atoms with van der Waals surface area (Å²) >= 11 is 8.88. The fourth-order valence-corrected chi connectivity index (χ4v) is 4.09. The Morgan fingerprint density at radius 1 is 1.11 bits per heavy atom. The molecule has 1 aromatic carbocycles. The minimum Gasteiger partial charge on any atom is -0.303 e. The summed E-state index contributed by atoms with van der Waals surface area (Å²) in [6.07, 6.45) is 0. The molecule has 0 saturated carbocycles. The van der Waals surface area contributed by atoms with Gasteiger partial charge < -0.3 is 5.32 Å². The van der Waals surface area contributed by atoms with Crippen LogP contribution < -0.4 is 5.32 Å². The van der Waals surface area contributed by atoms with Gasteiger partial charge in [0.1, 0.15) is 0 Å². The van der Waals surface area contributed by atoms with Crippen molar-refractivity contribution < 1.29 is 0 Å². The first-order valence-electron chi connectivity index (χ1n) is 5.82. The highest BCUT2D eigenvalue weighted by molar-refractivity contribution is 9.10. The largest absolute Gasteiger partial charge is 0.303 e. The van der Waals surface area contributed by atoms with Crippen LogP contribution in [-0.4, -0.2) is 0 Å². The zero-order valence-corrected chi connectivity index (χ0v) is 14.3. The van der Waals surface area contributed by atoms with Crippen LogP contribution in [0.15, 0.2) is 44.7 Å². The van der Waals surface area contributed by atoms with Crippen LogP contribution in [0.3, 0.4) is 0 Å². The fourth-order valence-electron chi connectivity index (χ4n) is 1.94. The highest BCUT2D eigenvalue weighted by Gasteiger charge is 2.14. The first-order chi connectivity index (χ1) is 8.58. The van der Waals surface area contributed by atoms with Gasteiger partial charge in [-0.15, -0.1) is 11.3 Å². The summed E-state index contributed by atoms with van der Waals surface area (Å²) < 4.78 is 2.31. The SMILES string of the molecule is CC(N[C@H](C)c1cccc(Br)c1)c1sccc1Br. The number of nitrogens with one attached hydrogen (secondary N) is 1. The maximum Gasteiger partial charge on any atom is 0.0402 e. The molecular weight excluding hydrogens is 374 g/mol. The molecule has 0 bridgehead atoms. The number of hydrogen-bond acceptors (Lipinski definition) is 2. The van der Waals surface area contributed by atoms with Gasteiger partial charge in [-0.1, -0.05) is 28.1 Å². The van der Waals surface area contributed by atoms with Crippen molar-refractivity contribution >= 4 is 43.2 Å². The van der Waals surface area contributed by atoms with Gasteiger partial charge in [-0.25, -0.2) is 0 Å². The summed E-state index contributed by atoms with van der Waals surface area (Å²) in [5.41, 5.74) is 1.30. The summed E-state index contributed by atoms with van der Waals surface area (Å²) in [6.45, 7) is 4.39. The van der Waals surface area contributed by atoms with E-state index in [0.29, 0.717) is 12.1 Å². The summed E-state index contributed by atoms with van der Waals surface area (Å²) in [5, 5.41) is 5.74. The van der Waals surface area contributed by atoms with Gasteiger partial charge in [0.25, 0.3) is 0 Å². The second-order valence-corrected chi connectivity index (χ2v) is 7.02. The minimum absolute atomic E-state index is 0.325. The summed E-state index contributed by atoms with van der Waals surface area (Å²) in [4.78, 5) is 1.34. The van der Waals surface area contributed by atoms with Crippen LogP contribution in [0.2, 0.25) is 0 Å². The Labute approximate surface area is 129 Å². The van der Waals surface area contributed by atoms with E-state index in [4.69, 9.17) is 0 Å². The monoisotopic (exact) mass is 387 g/mol. The second-order valence-electron chi connectivity index (χ2n) is 4.30. The molecule has 0 fully saturated rings. The molecule has 18 heavy (non-hydrogen) atoms. The van der Waals surface area contributed by atoms with Gasteiger partial charge >= 0.3 is 0 Å². The molecule has 2 atom stereocenters. The van der Waals surface area contributed by atoms with Crippen LogP contribution in [0.25, 0.3) is 0 Å². The van der Waals surface area contributed by atoms with Crippen LogP contribution in [-0.2, 0) is 0 Å². The normalized spacial score (nSPS) is 14.4. The minimum atomic E-state index is 0.325. The fraction of sp³-hybridized carbons (Fsp3) is 0.286. The Bertz CT molecular complexity index is 524. The molecule has 0 aliphatic rings. The van der Waals surface area contributed by atoms with Crippen LogP contribution in [0, 0.1) is 0 Å². The van der Waals surface area contributed by atoms with Gasteiger partial charge in [0.2, 0.25) is 0 Å². The molecule has 0 saturated heterocycles. The Morgan fingerprint density at radius 3 is 2.50 bits per heavy atom. The van der Waals surface area contributed by atoms with E-state index in [9.17, 15) is 0 Å². The maximum absolute atomic E-state index is 3.63. The van der Waals surface area contributed by atoms with Gasteiger partial charge in [0.05, 0.1) is 0 Å². The quantitative estimate of drug-likeness (QED) is 0.709. The second kappa shape index (κ2) is 6.33. The Balaban J connectivity index is 2.08. The van der Waals surface area contributed by atoms with Crippen molar-refractivity contribution in [2.75, 3.05) is 0 Å². The van der Waals surface area contributed by atoms with E-state index in [1.807, 2.05) is 0 Å². The van der Waals surface area contributed by atoms with Crippen LogP contribution >= 0.6 is 43.2 Å². The molecule has 0 aliphatic carbocycles. The zero-order chi connectivity index (χ0) is 13.1. The molecular formula is C14H15Br2NS. The van der Waals surface area contributed by atoms with Crippen molar-refractivity contribution in [2.24, 2.45) is 0 Å². The Hall–Kier alpha value is -0.160. The number of benzene rings is 1. The lowest BCUT2D eigenvalue weighted by atomic mass is 10.1. The summed E-state index contributed by atoms with van der Waals surface area (Å²) in [5.74, 6) is 0. The van der Waals surface area contributed by atoms with Crippen LogP contribution in [0.1, 0.15) is 36.4 Å². The third-order valence-electron chi connectivity index (χ3n) is 2.89. The third kappa shape index (κ3) is 3.44. The van der Waals surface area contributed by atoms with Crippen molar-refractivity contribution in [3.63, 3.8) is 0 Å². The molecule has 2 aromatic rings. The van der Waals surface area contributed by atoms with Crippen LogP contribution in [0.4, 0.5) is 0 Å². The van der Waals surface area contributed by atoms with E-state index in [1.54, 1.807) is 11.3 Å². The molecule has 1 unspecified atom stereocenters. The van der Waals surface area contributed by atoms with Gasteiger partial charge in [0.15, 0.2) is 0 Å². The molecule has 0 spiro atoms. The van der Waals surface area contributed by atoms with Gasteiger partial charge in [0, 0.05) is 25.9 Å². The average molecular weight is 389 g/mol. The topological polar surface area (TPSA) is 12.0 Å². The number of hydrogen-bond donors (Lipinski definition) is 1. The van der Waals surface area contributed by atoms with Gasteiger partial charge in [-0.3, -0.25) is 0 Å². The van der Waals surface area contributed by atoms with Crippen molar-refractivity contribution in [3.8, 4) is 0 Å². The molecule has 96 valence electrons. The summed E-state index contributed by atoms with van der Waals surface area (Å²) in [7, 11) is 0. The highest BCUT2D eigenvalue weighted by Crippen LogP contribution is 2.30. The van der Waals surface area contributed by atoms with Crippen molar-refractivity contribution in [2.45, 2.75) is 25.9 Å². The molecule has 1 aromatic heterocycles. The lowest BCUT2D eigenvalue weighted by molar-refractivity contribution is 0.499. The Kier molecular flexibility index (Phi) is 5.01. The predicted molar refractivity (Wildman–Crippen MR) is 86.1 cm³/mol. The first-order valence-corrected chi connectivity index (χ1v) is 8.29. The molecule has 2 rings (SSSR count). The number of thiophene rings is 1. The van der Waals surface area contributed by atoms with E-state index >= 15 is 0 Å². The number of halogens is 2. The smallest absolute Gasteiger partial charge is 0.0402 e. The van der Waals surface area contributed by atoms with Gasteiger partial charge in [-0.05, 0) is 58.9 Å². The molecule has 0 amide bonds. The lowest BCUT2D eigenvalue weighted by Gasteiger charge is -2.20. The highest BCUT2D eigenvalue weighted by atomic mass is 79.9. The van der Waals surface area contributed by atoms with Gasteiger partial charge in [-0.2, -0.15) is 0 Å². The molecule has 0 radical (unpaired) electrons. The van der Waals surface area contributed by atoms with Crippen molar-refractivity contribution in [1.82, 2.24) is 5.32 Å². The maximum atomic E-state index is 3.63. The van der Waals surface area contributed by atoms with Crippen molar-refractivity contribution in [3.05, 3.63) is 55.1 Å². The van der Waals surface area contributed by atoms with Crippen molar-refractivity contribution in [1.29, 1.82) is 0 Å². The Morgan fingerprint density at radius 2 is 1.89 bits per heavy atom.